The molecule has 0 spiro atoms. The van der Waals surface area contributed by atoms with Gasteiger partial charge in [-0.25, -0.2) is 19.6 Å². The van der Waals surface area contributed by atoms with Crippen LogP contribution in [-0.2, 0) is 11.3 Å². The predicted octanol–water partition coefficient (Wildman–Crippen LogP) is 2.88. The summed E-state index contributed by atoms with van der Waals surface area (Å²) in [5.74, 6) is -1.87. The zero-order valence-corrected chi connectivity index (χ0v) is 12.6. The highest BCUT2D eigenvalue weighted by Gasteiger charge is 2.35. The standard InChI is InChI=1S/C15H12F3N3O4/c16-15(17,18)9-21(12-7-19-11(6-20-12)13(22)23)14(24)25-8-10-4-2-1-3-5-10/h1-7H,8-9H2,(H,22,23). The summed E-state index contributed by atoms with van der Waals surface area (Å²) in [5, 5.41) is 8.73. The number of ether oxygens (including phenoxy) is 1. The average Bonchev–Trinajstić information content (AvgIpc) is 2.58. The predicted molar refractivity (Wildman–Crippen MR) is 79.0 cm³/mol. The van der Waals surface area contributed by atoms with Gasteiger partial charge in [0.15, 0.2) is 11.5 Å². The highest BCUT2D eigenvalue weighted by atomic mass is 19.4. The third-order valence-corrected chi connectivity index (χ3v) is 2.90. The molecule has 132 valence electrons. The lowest BCUT2D eigenvalue weighted by atomic mass is 10.2. The third-order valence-electron chi connectivity index (χ3n) is 2.90. The van der Waals surface area contributed by atoms with Gasteiger partial charge in [0, 0.05) is 0 Å². The van der Waals surface area contributed by atoms with Crippen LogP contribution in [-0.4, -0.2) is 39.9 Å². The molecule has 0 saturated heterocycles. The summed E-state index contributed by atoms with van der Waals surface area (Å²) in [7, 11) is 0. The maximum absolute atomic E-state index is 12.7. The minimum atomic E-state index is -4.71. The second kappa shape index (κ2) is 7.60. The van der Waals surface area contributed by atoms with E-state index in [0.717, 1.165) is 12.4 Å². The summed E-state index contributed by atoms with van der Waals surface area (Å²) in [6, 6.07) is 8.39. The Morgan fingerprint density at radius 3 is 2.32 bits per heavy atom. The number of benzene rings is 1. The normalized spacial score (nSPS) is 11.0. The Kier molecular flexibility index (Phi) is 5.52. The van der Waals surface area contributed by atoms with Crippen molar-refractivity contribution in [2.45, 2.75) is 12.8 Å². The van der Waals surface area contributed by atoms with Gasteiger partial charge in [0.25, 0.3) is 0 Å². The number of nitrogens with zero attached hydrogens (tertiary/aromatic N) is 3. The van der Waals surface area contributed by atoms with Gasteiger partial charge in [-0.05, 0) is 5.56 Å². The maximum atomic E-state index is 12.7. The van der Waals surface area contributed by atoms with Crippen molar-refractivity contribution in [2.75, 3.05) is 11.4 Å². The van der Waals surface area contributed by atoms with E-state index in [1.165, 1.54) is 0 Å². The Hall–Kier alpha value is -3.17. The number of amides is 1. The molecule has 0 aliphatic carbocycles. The fourth-order valence-corrected chi connectivity index (χ4v) is 1.79. The lowest BCUT2D eigenvalue weighted by molar-refractivity contribution is -0.119. The molecule has 1 amide bonds. The zero-order chi connectivity index (χ0) is 18.4. The fraction of sp³-hybridized carbons (Fsp3) is 0.200. The quantitative estimate of drug-likeness (QED) is 0.887. The molecule has 1 N–H and O–H groups in total. The van der Waals surface area contributed by atoms with Crippen LogP contribution < -0.4 is 4.90 Å². The number of carbonyl (C=O) groups excluding carboxylic acids is 1. The first-order chi connectivity index (χ1) is 11.8. The minimum Gasteiger partial charge on any atom is -0.476 e. The molecule has 7 nitrogen and oxygen atoms in total. The Bertz CT molecular complexity index is 736. The van der Waals surface area contributed by atoms with Crippen molar-refractivity contribution in [3.8, 4) is 0 Å². The number of halogens is 3. The van der Waals surface area contributed by atoms with Crippen molar-refractivity contribution in [1.82, 2.24) is 9.97 Å². The summed E-state index contributed by atoms with van der Waals surface area (Å²) < 4.78 is 43.1. The molecular formula is C15H12F3N3O4. The van der Waals surface area contributed by atoms with Crippen LogP contribution in [0, 0.1) is 0 Å². The molecule has 0 atom stereocenters. The summed E-state index contributed by atoms with van der Waals surface area (Å²) in [5.41, 5.74) is 0.128. The molecule has 10 heteroatoms. The Balaban J connectivity index is 2.16. The Labute approximate surface area is 139 Å². The molecule has 2 aromatic rings. The van der Waals surface area contributed by atoms with Crippen LogP contribution in [0.5, 0.6) is 0 Å². The Morgan fingerprint density at radius 1 is 1.12 bits per heavy atom. The molecule has 0 fully saturated rings. The second-order valence-electron chi connectivity index (χ2n) is 4.81. The van der Waals surface area contributed by atoms with Gasteiger partial charge in [0.05, 0.1) is 12.4 Å². The summed E-state index contributed by atoms with van der Waals surface area (Å²) >= 11 is 0. The summed E-state index contributed by atoms with van der Waals surface area (Å²) in [6.07, 6.45) is -4.47. The first kappa shape index (κ1) is 18.2. The van der Waals surface area contributed by atoms with E-state index in [1.807, 2.05) is 0 Å². The van der Waals surface area contributed by atoms with Crippen LogP contribution in [0.15, 0.2) is 42.7 Å². The average molecular weight is 355 g/mol. The van der Waals surface area contributed by atoms with Crippen molar-refractivity contribution in [3.05, 3.63) is 54.0 Å². The van der Waals surface area contributed by atoms with E-state index in [-0.39, 0.29) is 11.5 Å². The number of aromatic carboxylic acids is 1. The van der Waals surface area contributed by atoms with E-state index in [4.69, 9.17) is 9.84 Å². The number of rotatable bonds is 5. The van der Waals surface area contributed by atoms with Crippen LogP contribution in [0.3, 0.4) is 0 Å². The maximum Gasteiger partial charge on any atom is 0.416 e. The van der Waals surface area contributed by atoms with E-state index in [1.54, 1.807) is 30.3 Å². The van der Waals surface area contributed by atoms with E-state index in [9.17, 15) is 22.8 Å². The van der Waals surface area contributed by atoms with Gasteiger partial charge in [-0.15, -0.1) is 0 Å². The first-order valence-electron chi connectivity index (χ1n) is 6.86. The molecule has 0 unspecified atom stereocenters. The molecule has 0 aliphatic rings. The molecule has 0 aliphatic heterocycles. The molecular weight excluding hydrogens is 343 g/mol. The number of hydrogen-bond donors (Lipinski definition) is 1. The molecule has 0 saturated carbocycles. The van der Waals surface area contributed by atoms with Crippen molar-refractivity contribution in [1.29, 1.82) is 0 Å². The van der Waals surface area contributed by atoms with Crippen LogP contribution >= 0.6 is 0 Å². The first-order valence-corrected chi connectivity index (χ1v) is 6.86. The van der Waals surface area contributed by atoms with Gasteiger partial charge >= 0.3 is 18.2 Å². The van der Waals surface area contributed by atoms with E-state index >= 15 is 0 Å². The van der Waals surface area contributed by atoms with E-state index < -0.39 is 36.3 Å². The number of carboxylic acid groups (broad SMARTS) is 1. The SMILES string of the molecule is O=C(O)c1cnc(N(CC(F)(F)F)C(=O)OCc2ccccc2)cn1. The van der Waals surface area contributed by atoms with Crippen LogP contribution in [0.1, 0.15) is 16.1 Å². The van der Waals surface area contributed by atoms with Gasteiger partial charge in [0.1, 0.15) is 13.2 Å². The largest absolute Gasteiger partial charge is 0.476 e. The molecule has 25 heavy (non-hydrogen) atoms. The number of carboxylic acids is 1. The smallest absolute Gasteiger partial charge is 0.416 e. The molecule has 2 rings (SSSR count). The van der Waals surface area contributed by atoms with Gasteiger partial charge in [0.2, 0.25) is 0 Å². The molecule has 1 aromatic heterocycles. The van der Waals surface area contributed by atoms with Gasteiger partial charge in [-0.2, -0.15) is 13.2 Å². The topological polar surface area (TPSA) is 92.6 Å². The number of anilines is 1. The van der Waals surface area contributed by atoms with Crippen LogP contribution in [0.4, 0.5) is 23.8 Å². The van der Waals surface area contributed by atoms with Crippen molar-refractivity contribution < 1.29 is 32.6 Å². The van der Waals surface area contributed by atoms with Gasteiger partial charge < -0.3 is 9.84 Å². The van der Waals surface area contributed by atoms with Crippen molar-refractivity contribution in [3.63, 3.8) is 0 Å². The summed E-state index contributed by atoms with van der Waals surface area (Å²) in [4.78, 5) is 30.0. The molecule has 0 bridgehead atoms. The van der Waals surface area contributed by atoms with Crippen molar-refractivity contribution >= 4 is 17.9 Å². The lowest BCUT2D eigenvalue weighted by Gasteiger charge is -2.22. The number of carbonyl (C=O) groups is 2. The van der Waals surface area contributed by atoms with E-state index in [2.05, 4.69) is 9.97 Å². The van der Waals surface area contributed by atoms with E-state index in [0.29, 0.717) is 5.56 Å². The third kappa shape index (κ3) is 5.44. The van der Waals surface area contributed by atoms with Gasteiger partial charge in [-0.1, -0.05) is 30.3 Å². The number of hydrogen-bond acceptors (Lipinski definition) is 5. The Morgan fingerprint density at radius 2 is 1.80 bits per heavy atom. The van der Waals surface area contributed by atoms with Crippen LogP contribution in [0.25, 0.3) is 0 Å². The monoisotopic (exact) mass is 355 g/mol. The zero-order valence-electron chi connectivity index (χ0n) is 12.6. The second-order valence-corrected chi connectivity index (χ2v) is 4.81. The number of alkyl halides is 3. The fourth-order valence-electron chi connectivity index (χ4n) is 1.79. The molecule has 1 aromatic carbocycles. The lowest BCUT2D eigenvalue weighted by Crippen LogP contribution is -2.40. The van der Waals surface area contributed by atoms with Crippen molar-refractivity contribution in [2.24, 2.45) is 0 Å². The van der Waals surface area contributed by atoms with Crippen LogP contribution in [0.2, 0.25) is 0 Å². The number of aromatic nitrogens is 2. The molecule has 0 radical (unpaired) electrons. The summed E-state index contributed by atoms with van der Waals surface area (Å²) in [6.45, 7) is -1.88. The van der Waals surface area contributed by atoms with Gasteiger partial charge in [-0.3, -0.25) is 4.90 Å². The minimum absolute atomic E-state index is 0.228. The highest BCUT2D eigenvalue weighted by Crippen LogP contribution is 2.21. The highest BCUT2D eigenvalue weighted by molar-refractivity contribution is 5.87. The molecule has 1 heterocycles.